The summed E-state index contributed by atoms with van der Waals surface area (Å²) in [6.45, 7) is 4.23. The monoisotopic (exact) mass is 348 g/mol. The van der Waals surface area contributed by atoms with Gasteiger partial charge in [0.15, 0.2) is 0 Å². The molecular weight excluding hydrogens is 323 g/mol. The maximum Gasteiger partial charge on any atom is 0.227 e. The van der Waals surface area contributed by atoms with Gasteiger partial charge in [0.2, 0.25) is 11.8 Å². The predicted molar refractivity (Wildman–Crippen MR) is 91.5 cm³/mol. The number of rotatable bonds is 4. The molecule has 0 aliphatic carbocycles. The van der Waals surface area contributed by atoms with Gasteiger partial charge in [-0.1, -0.05) is 12.1 Å². The minimum absolute atomic E-state index is 0.0320. The van der Waals surface area contributed by atoms with Gasteiger partial charge in [0.05, 0.1) is 12.5 Å². The van der Waals surface area contributed by atoms with Crippen molar-refractivity contribution in [1.29, 1.82) is 0 Å². The lowest BCUT2D eigenvalue weighted by Crippen LogP contribution is -2.49. The molecule has 0 radical (unpaired) electrons. The Hall–Kier alpha value is -1.95. The van der Waals surface area contributed by atoms with E-state index in [0.29, 0.717) is 26.3 Å². The Kier molecular flexibility index (Phi) is 5.68. The molecule has 0 aromatic heterocycles. The zero-order valence-corrected chi connectivity index (χ0v) is 14.6. The first-order valence-electron chi connectivity index (χ1n) is 8.93. The van der Waals surface area contributed by atoms with Crippen molar-refractivity contribution in [3.05, 3.63) is 35.6 Å². The Balaban J connectivity index is 1.60. The van der Waals surface area contributed by atoms with Crippen molar-refractivity contribution < 1.29 is 18.7 Å². The fraction of sp³-hybridized carbons (Fsp3) is 0.579. The minimum Gasteiger partial charge on any atom is -0.381 e. The highest BCUT2D eigenvalue weighted by Gasteiger charge is 2.35. The van der Waals surface area contributed by atoms with Gasteiger partial charge in [-0.05, 0) is 37.0 Å². The molecule has 2 aliphatic rings. The lowest BCUT2D eigenvalue weighted by molar-refractivity contribution is -0.137. The molecule has 5 nitrogen and oxygen atoms in total. The van der Waals surface area contributed by atoms with Crippen LogP contribution < -0.4 is 0 Å². The first kappa shape index (κ1) is 17.9. The SMILES string of the molecule is CC(=O)N(C1CCOCC1)C1CCN(C(=O)Cc2ccc(F)cc2)C1. The predicted octanol–water partition coefficient (Wildman–Crippen LogP) is 2.00. The molecule has 0 N–H and O–H groups in total. The first-order chi connectivity index (χ1) is 12.0. The van der Waals surface area contributed by atoms with E-state index in [1.165, 1.54) is 12.1 Å². The van der Waals surface area contributed by atoms with Crippen molar-refractivity contribution in [3.63, 3.8) is 0 Å². The smallest absolute Gasteiger partial charge is 0.227 e. The zero-order chi connectivity index (χ0) is 17.8. The van der Waals surface area contributed by atoms with Crippen LogP contribution in [-0.2, 0) is 20.7 Å². The molecule has 2 aliphatic heterocycles. The van der Waals surface area contributed by atoms with E-state index < -0.39 is 0 Å². The molecule has 136 valence electrons. The van der Waals surface area contributed by atoms with E-state index in [1.807, 2.05) is 9.80 Å². The molecule has 2 heterocycles. The van der Waals surface area contributed by atoms with Crippen molar-refractivity contribution in [2.75, 3.05) is 26.3 Å². The van der Waals surface area contributed by atoms with E-state index in [0.717, 1.165) is 24.8 Å². The Labute approximate surface area is 147 Å². The first-order valence-corrected chi connectivity index (χ1v) is 8.93. The summed E-state index contributed by atoms with van der Waals surface area (Å²) in [5, 5.41) is 0. The molecule has 1 aromatic rings. The number of amides is 2. The molecule has 0 spiro atoms. The van der Waals surface area contributed by atoms with Gasteiger partial charge >= 0.3 is 0 Å². The van der Waals surface area contributed by atoms with Gasteiger partial charge in [-0.3, -0.25) is 9.59 Å². The highest BCUT2D eigenvalue weighted by atomic mass is 19.1. The largest absolute Gasteiger partial charge is 0.381 e. The number of benzene rings is 1. The van der Waals surface area contributed by atoms with Crippen molar-refractivity contribution >= 4 is 11.8 Å². The van der Waals surface area contributed by atoms with Crippen LogP contribution in [0.4, 0.5) is 4.39 Å². The Morgan fingerprint density at radius 2 is 1.84 bits per heavy atom. The van der Waals surface area contributed by atoms with Crippen molar-refractivity contribution in [2.45, 2.75) is 44.7 Å². The van der Waals surface area contributed by atoms with Crippen LogP contribution in [-0.4, -0.2) is 60.0 Å². The van der Waals surface area contributed by atoms with Crippen molar-refractivity contribution in [2.24, 2.45) is 0 Å². The lowest BCUT2D eigenvalue weighted by atomic mass is 10.0. The van der Waals surface area contributed by atoms with E-state index in [1.54, 1.807) is 19.1 Å². The highest BCUT2D eigenvalue weighted by Crippen LogP contribution is 2.24. The van der Waals surface area contributed by atoms with Crippen LogP contribution in [0.15, 0.2) is 24.3 Å². The van der Waals surface area contributed by atoms with Crippen LogP contribution in [0.25, 0.3) is 0 Å². The summed E-state index contributed by atoms with van der Waals surface area (Å²) in [7, 11) is 0. The third-order valence-electron chi connectivity index (χ3n) is 5.13. The number of halogens is 1. The topological polar surface area (TPSA) is 49.9 Å². The zero-order valence-electron chi connectivity index (χ0n) is 14.6. The van der Waals surface area contributed by atoms with E-state index in [4.69, 9.17) is 4.74 Å². The molecule has 6 heteroatoms. The second-order valence-corrected chi connectivity index (χ2v) is 6.86. The molecule has 1 atom stereocenters. The molecule has 2 fully saturated rings. The second-order valence-electron chi connectivity index (χ2n) is 6.86. The van der Waals surface area contributed by atoms with Gasteiger partial charge in [-0.25, -0.2) is 4.39 Å². The van der Waals surface area contributed by atoms with Crippen molar-refractivity contribution in [3.8, 4) is 0 Å². The van der Waals surface area contributed by atoms with E-state index in [9.17, 15) is 14.0 Å². The summed E-state index contributed by atoms with van der Waals surface area (Å²) in [5.74, 6) is -0.194. The highest BCUT2D eigenvalue weighted by molar-refractivity contribution is 5.79. The van der Waals surface area contributed by atoms with Gasteiger partial charge in [-0.15, -0.1) is 0 Å². The molecule has 2 amide bonds. The number of hydrogen-bond acceptors (Lipinski definition) is 3. The molecular formula is C19H25FN2O3. The number of ether oxygens (including phenoxy) is 1. The lowest BCUT2D eigenvalue weighted by Gasteiger charge is -2.37. The third-order valence-corrected chi connectivity index (χ3v) is 5.13. The fourth-order valence-electron chi connectivity index (χ4n) is 3.86. The average molecular weight is 348 g/mol. The number of hydrogen-bond donors (Lipinski definition) is 0. The Bertz CT molecular complexity index is 614. The summed E-state index contributed by atoms with van der Waals surface area (Å²) in [6, 6.07) is 6.33. The number of carbonyl (C=O) groups is 2. The number of nitrogens with zero attached hydrogens (tertiary/aromatic N) is 2. The van der Waals surface area contributed by atoms with Gasteiger partial charge < -0.3 is 14.5 Å². The van der Waals surface area contributed by atoms with E-state index >= 15 is 0 Å². The molecule has 3 rings (SSSR count). The van der Waals surface area contributed by atoms with Crippen LogP contribution in [0.2, 0.25) is 0 Å². The fourth-order valence-corrected chi connectivity index (χ4v) is 3.86. The van der Waals surface area contributed by atoms with Gasteiger partial charge in [0.25, 0.3) is 0 Å². The minimum atomic E-state index is -0.300. The van der Waals surface area contributed by atoms with Gasteiger partial charge in [0.1, 0.15) is 5.82 Å². The van der Waals surface area contributed by atoms with Crippen LogP contribution in [0.5, 0.6) is 0 Å². The molecule has 0 bridgehead atoms. The maximum absolute atomic E-state index is 13.0. The number of likely N-dealkylation sites (tertiary alicyclic amines) is 1. The molecule has 1 aromatic carbocycles. The third kappa shape index (κ3) is 4.37. The van der Waals surface area contributed by atoms with Crippen LogP contribution in [0.1, 0.15) is 31.7 Å². The summed E-state index contributed by atoms with van der Waals surface area (Å²) in [4.78, 5) is 28.5. The van der Waals surface area contributed by atoms with E-state index in [2.05, 4.69) is 0 Å². The number of carbonyl (C=O) groups excluding carboxylic acids is 2. The van der Waals surface area contributed by atoms with Gasteiger partial charge in [0, 0.05) is 39.3 Å². The standard InChI is InChI=1S/C19H25FN2O3/c1-14(23)22(17-7-10-25-11-8-17)18-6-9-21(13-18)19(24)12-15-2-4-16(20)5-3-15/h2-5,17-18H,6-13H2,1H3. The van der Waals surface area contributed by atoms with Crippen LogP contribution >= 0.6 is 0 Å². The molecule has 1 unspecified atom stereocenters. The average Bonchev–Trinajstić information content (AvgIpc) is 3.07. The quantitative estimate of drug-likeness (QED) is 0.836. The second kappa shape index (κ2) is 7.95. The maximum atomic E-state index is 13.0. The summed E-state index contributed by atoms with van der Waals surface area (Å²) in [6.07, 6.45) is 2.80. The summed E-state index contributed by atoms with van der Waals surface area (Å²) < 4.78 is 18.4. The summed E-state index contributed by atoms with van der Waals surface area (Å²) >= 11 is 0. The van der Waals surface area contributed by atoms with Crippen molar-refractivity contribution in [1.82, 2.24) is 9.80 Å². The van der Waals surface area contributed by atoms with E-state index in [-0.39, 0.29) is 36.1 Å². The summed E-state index contributed by atoms with van der Waals surface area (Å²) in [5.41, 5.74) is 0.808. The van der Waals surface area contributed by atoms with Gasteiger partial charge in [-0.2, -0.15) is 0 Å². The molecule has 25 heavy (non-hydrogen) atoms. The molecule has 0 saturated carbocycles. The van der Waals surface area contributed by atoms with Crippen LogP contribution in [0.3, 0.4) is 0 Å². The Morgan fingerprint density at radius 1 is 1.16 bits per heavy atom. The van der Waals surface area contributed by atoms with Crippen LogP contribution in [0, 0.1) is 5.82 Å². The normalized spacial score (nSPS) is 21.4. The Morgan fingerprint density at radius 3 is 2.48 bits per heavy atom. The molecule has 2 saturated heterocycles.